The molecule has 0 bridgehead atoms. The highest BCUT2D eigenvalue weighted by Gasteiger charge is 2.13. The lowest BCUT2D eigenvalue weighted by Gasteiger charge is -2.05. The molecule has 0 atom stereocenters. The number of carboxylic acids is 1. The summed E-state index contributed by atoms with van der Waals surface area (Å²) in [6.45, 7) is 7.92. The molecule has 0 fully saturated rings. The first kappa shape index (κ1) is 15.3. The molecule has 0 aliphatic heterocycles. The smallest absolute Gasteiger partial charge is 0.339 e. The molecule has 2 heterocycles. The molecule has 0 unspecified atom stereocenters. The Balaban J connectivity index is 1.74. The van der Waals surface area contributed by atoms with Gasteiger partial charge in [0.15, 0.2) is 0 Å². The van der Waals surface area contributed by atoms with Gasteiger partial charge in [-0.3, -0.25) is 4.68 Å². The molecule has 0 saturated heterocycles. The second kappa shape index (κ2) is 6.58. The molecule has 2 N–H and O–H groups in total. The number of furan rings is 1. The summed E-state index contributed by atoms with van der Waals surface area (Å²) in [6.07, 6.45) is 0.952. The lowest BCUT2D eigenvalue weighted by Crippen LogP contribution is -2.16. The quantitative estimate of drug-likeness (QED) is 0.765. The Labute approximate surface area is 123 Å². The van der Waals surface area contributed by atoms with E-state index in [1.807, 2.05) is 18.5 Å². The maximum absolute atomic E-state index is 10.9. The number of nitrogens with one attached hydrogen (secondary N) is 1. The molecular weight excluding hydrogens is 270 g/mol. The first-order valence-corrected chi connectivity index (χ1v) is 7.01. The van der Waals surface area contributed by atoms with Crippen LogP contribution in [0.5, 0.6) is 0 Å². The van der Waals surface area contributed by atoms with Gasteiger partial charge in [0, 0.05) is 12.2 Å². The lowest BCUT2D eigenvalue weighted by atomic mass is 10.2. The molecule has 0 saturated carbocycles. The number of aromatic carboxylic acids is 1. The molecule has 0 aliphatic carbocycles. The predicted octanol–water partition coefficient (Wildman–Crippen LogP) is 2.28. The maximum atomic E-state index is 10.9. The van der Waals surface area contributed by atoms with Crippen LogP contribution in [-0.2, 0) is 13.1 Å². The van der Waals surface area contributed by atoms with E-state index in [0.29, 0.717) is 18.1 Å². The van der Waals surface area contributed by atoms with Crippen molar-refractivity contribution in [3.05, 3.63) is 40.6 Å². The number of aryl methyl sites for hydroxylation is 4. The minimum absolute atomic E-state index is 0.231. The summed E-state index contributed by atoms with van der Waals surface area (Å²) in [5.74, 6) is 0.144. The van der Waals surface area contributed by atoms with Crippen LogP contribution in [0.4, 0.5) is 0 Å². The van der Waals surface area contributed by atoms with Crippen molar-refractivity contribution in [3.63, 3.8) is 0 Å². The van der Waals surface area contributed by atoms with Crippen molar-refractivity contribution < 1.29 is 14.3 Å². The van der Waals surface area contributed by atoms with Crippen LogP contribution in [-0.4, -0.2) is 27.4 Å². The molecule has 0 amide bonds. The number of carboxylic acid groups (broad SMARTS) is 1. The van der Waals surface area contributed by atoms with Crippen molar-refractivity contribution in [2.75, 3.05) is 6.54 Å². The SMILES string of the molecule is Cc1cc(C)n(CCCNCc2cc(C(=O)O)c(C)o2)n1. The zero-order valence-electron chi connectivity index (χ0n) is 12.6. The first-order chi connectivity index (χ1) is 9.97. The predicted molar refractivity (Wildman–Crippen MR) is 78.4 cm³/mol. The zero-order chi connectivity index (χ0) is 15.4. The standard InChI is InChI=1S/C15H21N3O3/c1-10-7-11(2)18(17-10)6-4-5-16-9-13-8-14(15(19)20)12(3)21-13/h7-8,16H,4-6,9H2,1-3H3,(H,19,20). The highest BCUT2D eigenvalue weighted by atomic mass is 16.4. The van der Waals surface area contributed by atoms with Gasteiger partial charge in [-0.15, -0.1) is 0 Å². The van der Waals surface area contributed by atoms with Crippen molar-refractivity contribution >= 4 is 5.97 Å². The van der Waals surface area contributed by atoms with E-state index in [4.69, 9.17) is 9.52 Å². The Hall–Kier alpha value is -2.08. The van der Waals surface area contributed by atoms with Gasteiger partial charge in [0.2, 0.25) is 0 Å². The van der Waals surface area contributed by atoms with Crippen LogP contribution in [0.2, 0.25) is 0 Å². The van der Waals surface area contributed by atoms with Crippen molar-refractivity contribution in [1.29, 1.82) is 0 Å². The minimum atomic E-state index is -0.952. The molecule has 0 aromatic carbocycles. The average molecular weight is 291 g/mol. The summed E-state index contributed by atoms with van der Waals surface area (Å²) in [5.41, 5.74) is 2.43. The van der Waals surface area contributed by atoms with Crippen molar-refractivity contribution in [3.8, 4) is 0 Å². The zero-order valence-corrected chi connectivity index (χ0v) is 12.6. The Kier molecular flexibility index (Phi) is 4.80. The second-order valence-corrected chi connectivity index (χ2v) is 5.17. The van der Waals surface area contributed by atoms with Crippen molar-refractivity contribution in [2.24, 2.45) is 0 Å². The summed E-state index contributed by atoms with van der Waals surface area (Å²) in [6, 6.07) is 3.64. The average Bonchev–Trinajstić information content (AvgIpc) is 2.92. The number of aromatic nitrogens is 2. The van der Waals surface area contributed by atoms with Gasteiger partial charge in [0.05, 0.1) is 12.2 Å². The third kappa shape index (κ3) is 3.95. The van der Waals surface area contributed by atoms with Crippen LogP contribution in [0.3, 0.4) is 0 Å². The fraction of sp³-hybridized carbons (Fsp3) is 0.467. The topological polar surface area (TPSA) is 80.3 Å². The van der Waals surface area contributed by atoms with E-state index in [1.165, 1.54) is 5.69 Å². The lowest BCUT2D eigenvalue weighted by molar-refractivity contribution is 0.0695. The fourth-order valence-corrected chi connectivity index (χ4v) is 2.31. The molecule has 0 radical (unpaired) electrons. The third-order valence-corrected chi connectivity index (χ3v) is 3.33. The van der Waals surface area contributed by atoms with Gasteiger partial charge >= 0.3 is 5.97 Å². The van der Waals surface area contributed by atoms with Gasteiger partial charge in [0.1, 0.15) is 17.1 Å². The van der Waals surface area contributed by atoms with E-state index in [1.54, 1.807) is 13.0 Å². The van der Waals surface area contributed by atoms with Crippen LogP contribution < -0.4 is 5.32 Å². The Morgan fingerprint density at radius 2 is 2.14 bits per heavy atom. The number of hydrogen-bond donors (Lipinski definition) is 2. The monoisotopic (exact) mass is 291 g/mol. The molecule has 6 nitrogen and oxygen atoms in total. The summed E-state index contributed by atoms with van der Waals surface area (Å²) in [4.78, 5) is 10.9. The molecule has 2 rings (SSSR count). The van der Waals surface area contributed by atoms with Crippen LogP contribution in [0.25, 0.3) is 0 Å². The van der Waals surface area contributed by atoms with Crippen LogP contribution >= 0.6 is 0 Å². The van der Waals surface area contributed by atoms with Gasteiger partial charge in [-0.05, 0) is 45.9 Å². The number of carbonyl (C=O) groups is 1. The Morgan fingerprint density at radius 3 is 2.71 bits per heavy atom. The summed E-state index contributed by atoms with van der Waals surface area (Å²) >= 11 is 0. The summed E-state index contributed by atoms with van der Waals surface area (Å²) in [5, 5.41) is 16.6. The van der Waals surface area contributed by atoms with E-state index in [2.05, 4.69) is 16.5 Å². The van der Waals surface area contributed by atoms with Gasteiger partial charge in [-0.25, -0.2) is 4.79 Å². The van der Waals surface area contributed by atoms with E-state index >= 15 is 0 Å². The fourth-order valence-electron chi connectivity index (χ4n) is 2.31. The second-order valence-electron chi connectivity index (χ2n) is 5.17. The normalized spacial score (nSPS) is 11.0. The maximum Gasteiger partial charge on any atom is 0.339 e. The highest BCUT2D eigenvalue weighted by molar-refractivity contribution is 5.88. The highest BCUT2D eigenvalue weighted by Crippen LogP contribution is 2.14. The van der Waals surface area contributed by atoms with E-state index in [-0.39, 0.29) is 5.56 Å². The molecule has 21 heavy (non-hydrogen) atoms. The van der Waals surface area contributed by atoms with Crippen LogP contribution in [0.15, 0.2) is 16.5 Å². The third-order valence-electron chi connectivity index (χ3n) is 3.33. The van der Waals surface area contributed by atoms with E-state index in [0.717, 1.165) is 25.2 Å². The van der Waals surface area contributed by atoms with Crippen molar-refractivity contribution in [1.82, 2.24) is 15.1 Å². The molecule has 114 valence electrons. The van der Waals surface area contributed by atoms with E-state index in [9.17, 15) is 4.79 Å². The largest absolute Gasteiger partial charge is 0.478 e. The number of rotatable bonds is 7. The summed E-state index contributed by atoms with van der Waals surface area (Å²) in [7, 11) is 0. The minimum Gasteiger partial charge on any atom is -0.478 e. The van der Waals surface area contributed by atoms with Gasteiger partial charge in [-0.2, -0.15) is 5.10 Å². The van der Waals surface area contributed by atoms with Gasteiger partial charge in [0.25, 0.3) is 0 Å². The molecular formula is C15H21N3O3. The molecule has 6 heteroatoms. The molecule has 0 spiro atoms. The van der Waals surface area contributed by atoms with Crippen LogP contribution in [0, 0.1) is 20.8 Å². The van der Waals surface area contributed by atoms with E-state index < -0.39 is 5.97 Å². The Bertz CT molecular complexity index is 628. The Morgan fingerprint density at radius 1 is 1.38 bits per heavy atom. The molecule has 2 aromatic heterocycles. The molecule has 2 aromatic rings. The van der Waals surface area contributed by atoms with Crippen LogP contribution in [0.1, 0.15) is 39.7 Å². The van der Waals surface area contributed by atoms with Gasteiger partial charge < -0.3 is 14.8 Å². The summed E-state index contributed by atoms with van der Waals surface area (Å²) < 4.78 is 7.40. The number of hydrogen-bond acceptors (Lipinski definition) is 4. The first-order valence-electron chi connectivity index (χ1n) is 7.01. The van der Waals surface area contributed by atoms with Gasteiger partial charge in [-0.1, -0.05) is 0 Å². The molecule has 0 aliphatic rings. The van der Waals surface area contributed by atoms with Crippen molar-refractivity contribution in [2.45, 2.75) is 40.3 Å². The number of nitrogens with zero attached hydrogens (tertiary/aromatic N) is 2.